The van der Waals surface area contributed by atoms with Crippen LogP contribution in [0.1, 0.15) is 22.3 Å². The van der Waals surface area contributed by atoms with Crippen molar-refractivity contribution >= 4 is 21.9 Å². The minimum Gasteiger partial charge on any atom is -0.455 e. The van der Waals surface area contributed by atoms with E-state index >= 15 is 0 Å². The lowest BCUT2D eigenvalue weighted by molar-refractivity contribution is 0.437. The molecule has 0 bridgehead atoms. The molecule has 0 spiro atoms. The first-order valence-corrected chi connectivity index (χ1v) is 8.33. The van der Waals surface area contributed by atoms with Crippen molar-refractivity contribution in [1.29, 1.82) is 0 Å². The van der Waals surface area contributed by atoms with Crippen LogP contribution in [-0.4, -0.2) is 0 Å². The molecule has 0 aliphatic carbocycles. The molecule has 0 amide bonds. The summed E-state index contributed by atoms with van der Waals surface area (Å²) < 4.78 is 17.1. The van der Waals surface area contributed by atoms with E-state index in [-0.39, 0.29) is 6.42 Å². The van der Waals surface area contributed by atoms with Crippen molar-refractivity contribution in [2.75, 3.05) is 0 Å². The van der Waals surface area contributed by atoms with Gasteiger partial charge in [-0.2, -0.15) is 0 Å². The van der Waals surface area contributed by atoms with E-state index in [4.69, 9.17) is 13.6 Å². The van der Waals surface area contributed by atoms with E-state index in [0.29, 0.717) is 33.8 Å². The van der Waals surface area contributed by atoms with Gasteiger partial charge in [-0.15, -0.1) is 0 Å². The van der Waals surface area contributed by atoms with E-state index in [0.717, 1.165) is 21.9 Å². The summed E-state index contributed by atoms with van der Waals surface area (Å²) >= 11 is 0. The van der Waals surface area contributed by atoms with Crippen molar-refractivity contribution in [3.8, 4) is 11.5 Å². The van der Waals surface area contributed by atoms with Crippen molar-refractivity contribution in [3.05, 3.63) is 79.5 Å². The smallest absolute Gasteiger partial charge is 0.343 e. The van der Waals surface area contributed by atoms with Gasteiger partial charge in [0.1, 0.15) is 22.7 Å². The second-order valence-corrected chi connectivity index (χ2v) is 6.57. The van der Waals surface area contributed by atoms with Crippen LogP contribution < -0.4 is 16.0 Å². The molecule has 0 radical (unpaired) electrons. The summed E-state index contributed by atoms with van der Waals surface area (Å²) in [6.45, 7) is 3.87. The Kier molecular flexibility index (Phi) is 2.92. The first-order valence-electron chi connectivity index (χ1n) is 8.33. The molecular weight excluding hydrogens is 332 g/mol. The van der Waals surface area contributed by atoms with Gasteiger partial charge in [0.2, 0.25) is 0 Å². The van der Waals surface area contributed by atoms with Gasteiger partial charge in [-0.1, -0.05) is 24.3 Å². The molecule has 1 aliphatic rings. The highest BCUT2D eigenvalue weighted by Gasteiger charge is 2.29. The number of ether oxygens (including phenoxy) is 1. The van der Waals surface area contributed by atoms with Gasteiger partial charge in [0.05, 0.1) is 21.9 Å². The maximum atomic E-state index is 12.5. The molecule has 5 heteroatoms. The molecule has 0 unspecified atom stereocenters. The normalized spacial score (nSPS) is 12.7. The first kappa shape index (κ1) is 15.0. The molecule has 0 N–H and O–H groups in total. The Labute approximate surface area is 147 Å². The van der Waals surface area contributed by atoms with E-state index in [2.05, 4.69) is 0 Å². The average molecular weight is 346 g/mol. The highest BCUT2D eigenvalue weighted by Crippen LogP contribution is 2.43. The van der Waals surface area contributed by atoms with Crippen LogP contribution in [0.2, 0.25) is 0 Å². The summed E-state index contributed by atoms with van der Waals surface area (Å²) in [5.74, 6) is 0.939. The quantitative estimate of drug-likeness (QED) is 0.393. The molecule has 2 aromatic carbocycles. The number of benzene rings is 2. The zero-order valence-corrected chi connectivity index (χ0v) is 14.2. The Morgan fingerprint density at radius 2 is 1.19 bits per heavy atom. The Bertz CT molecular complexity index is 1240. The van der Waals surface area contributed by atoms with Crippen LogP contribution in [0.25, 0.3) is 21.9 Å². The zero-order valence-electron chi connectivity index (χ0n) is 14.2. The molecule has 0 atom stereocenters. The van der Waals surface area contributed by atoms with Gasteiger partial charge in [-0.25, -0.2) is 9.59 Å². The first-order chi connectivity index (χ1) is 12.5. The van der Waals surface area contributed by atoms with Crippen LogP contribution in [0.5, 0.6) is 11.5 Å². The van der Waals surface area contributed by atoms with Crippen molar-refractivity contribution < 1.29 is 13.6 Å². The van der Waals surface area contributed by atoms with Gasteiger partial charge >= 0.3 is 11.3 Å². The number of rotatable bonds is 0. The van der Waals surface area contributed by atoms with Crippen LogP contribution in [0.3, 0.4) is 0 Å². The number of aryl methyl sites for hydroxylation is 2. The molecule has 0 saturated heterocycles. The lowest BCUT2D eigenvalue weighted by Gasteiger charge is -2.22. The number of hydrogen-bond acceptors (Lipinski definition) is 5. The van der Waals surface area contributed by atoms with Gasteiger partial charge in [-0.05, 0) is 37.1 Å². The van der Waals surface area contributed by atoms with E-state index in [1.54, 1.807) is 12.1 Å². The number of hydrogen-bond donors (Lipinski definition) is 0. The van der Waals surface area contributed by atoms with Gasteiger partial charge in [-0.3, -0.25) is 0 Å². The van der Waals surface area contributed by atoms with Gasteiger partial charge < -0.3 is 13.6 Å². The lowest BCUT2D eigenvalue weighted by Crippen LogP contribution is -2.20. The third-order valence-electron chi connectivity index (χ3n) is 4.93. The van der Waals surface area contributed by atoms with Gasteiger partial charge in [0, 0.05) is 6.42 Å². The van der Waals surface area contributed by atoms with Crippen LogP contribution >= 0.6 is 0 Å². The molecule has 26 heavy (non-hydrogen) atoms. The summed E-state index contributed by atoms with van der Waals surface area (Å²) in [5, 5.41) is 1.51. The summed E-state index contributed by atoms with van der Waals surface area (Å²) in [6.07, 6.45) is 0.129. The number of fused-ring (bicyclic) bond motifs is 6. The van der Waals surface area contributed by atoms with Crippen LogP contribution in [0.4, 0.5) is 0 Å². The molecular formula is C21H14O5. The van der Waals surface area contributed by atoms with E-state index in [1.807, 2.05) is 38.1 Å². The van der Waals surface area contributed by atoms with Crippen molar-refractivity contribution in [3.63, 3.8) is 0 Å². The van der Waals surface area contributed by atoms with Crippen molar-refractivity contribution in [1.82, 2.24) is 0 Å². The Morgan fingerprint density at radius 3 is 1.65 bits per heavy atom. The fraction of sp³-hybridized carbons (Fsp3) is 0.143. The third kappa shape index (κ3) is 1.91. The Morgan fingerprint density at radius 1 is 0.731 bits per heavy atom. The second kappa shape index (κ2) is 5.08. The molecule has 0 saturated carbocycles. The monoisotopic (exact) mass is 346 g/mol. The molecule has 0 fully saturated rings. The summed E-state index contributed by atoms with van der Waals surface area (Å²) in [4.78, 5) is 24.9. The highest BCUT2D eigenvalue weighted by atomic mass is 16.5. The van der Waals surface area contributed by atoms with E-state index in [1.165, 1.54) is 0 Å². The summed E-state index contributed by atoms with van der Waals surface area (Å²) in [7, 11) is 0. The topological polar surface area (TPSA) is 69.7 Å². The van der Waals surface area contributed by atoms with Crippen LogP contribution in [-0.2, 0) is 6.42 Å². The predicted molar refractivity (Wildman–Crippen MR) is 97.3 cm³/mol. The molecule has 5 rings (SSSR count). The fourth-order valence-electron chi connectivity index (χ4n) is 3.65. The van der Waals surface area contributed by atoms with Crippen LogP contribution in [0, 0.1) is 13.8 Å². The molecule has 4 aromatic rings. The predicted octanol–water partition coefficient (Wildman–Crippen LogP) is 4.21. The molecule has 1 aliphatic heterocycles. The summed E-state index contributed by atoms with van der Waals surface area (Å²) in [5.41, 5.74) is 2.53. The largest absolute Gasteiger partial charge is 0.455 e. The second-order valence-electron chi connectivity index (χ2n) is 6.57. The van der Waals surface area contributed by atoms with Crippen molar-refractivity contribution in [2.45, 2.75) is 20.3 Å². The zero-order chi connectivity index (χ0) is 18.0. The summed E-state index contributed by atoms with van der Waals surface area (Å²) in [6, 6.07) is 11.0. The molecule has 5 nitrogen and oxygen atoms in total. The molecule has 128 valence electrons. The lowest BCUT2D eigenvalue weighted by atomic mass is 9.97. The van der Waals surface area contributed by atoms with E-state index < -0.39 is 11.3 Å². The maximum absolute atomic E-state index is 12.5. The van der Waals surface area contributed by atoms with Gasteiger partial charge in [0.15, 0.2) is 0 Å². The minimum atomic E-state index is -0.493. The Hall–Kier alpha value is -3.34. The van der Waals surface area contributed by atoms with Crippen LogP contribution in [0.15, 0.2) is 54.8 Å². The maximum Gasteiger partial charge on any atom is 0.343 e. The standard InChI is InChI=1S/C21H14O5/c1-10-5-3-7-14-16(10)18-12(20(22)24-14)9-13-19(26-18)17-11(2)6-4-8-15(17)25-21(13)23/h3-8H,9H2,1-2H3. The SMILES string of the molecule is Cc1cccc2oc(=O)c3c(c12)Oc1c(c(=O)oc2cccc(C)c12)C3. The average Bonchev–Trinajstić information content (AvgIpc) is 2.61. The Balaban J connectivity index is 1.92. The van der Waals surface area contributed by atoms with E-state index in [9.17, 15) is 9.59 Å². The minimum absolute atomic E-state index is 0.129. The highest BCUT2D eigenvalue weighted by molar-refractivity contribution is 5.92. The third-order valence-corrected chi connectivity index (χ3v) is 4.93. The molecule has 2 aromatic heterocycles. The van der Waals surface area contributed by atoms with Crippen molar-refractivity contribution in [2.24, 2.45) is 0 Å². The van der Waals surface area contributed by atoms with Gasteiger partial charge in [0.25, 0.3) is 0 Å². The molecule has 3 heterocycles. The fourth-order valence-corrected chi connectivity index (χ4v) is 3.65.